The number of halogens is 2. The molecule has 41 heavy (non-hydrogen) atoms. The van der Waals surface area contributed by atoms with Gasteiger partial charge >= 0.3 is 5.97 Å². The third-order valence-corrected chi connectivity index (χ3v) is 8.08. The average Bonchev–Trinajstić information content (AvgIpc) is 3.25. The summed E-state index contributed by atoms with van der Waals surface area (Å²) in [5, 5.41) is 0.441. The van der Waals surface area contributed by atoms with Crippen molar-refractivity contribution in [1.82, 2.24) is 4.57 Å². The molecule has 8 nitrogen and oxygen atoms in total. The van der Waals surface area contributed by atoms with Crippen molar-refractivity contribution in [3.05, 3.63) is 94.6 Å². The Morgan fingerprint density at radius 3 is 2.61 bits per heavy atom. The van der Waals surface area contributed by atoms with Crippen LogP contribution < -0.4 is 29.1 Å². The van der Waals surface area contributed by atoms with Crippen LogP contribution in [0.5, 0.6) is 17.2 Å². The molecular formula is C30H30BrClN2O6S. The highest BCUT2D eigenvalue weighted by atomic mass is 79.9. The maximum atomic E-state index is 14.1. The van der Waals surface area contributed by atoms with E-state index in [2.05, 4.69) is 22.5 Å². The van der Waals surface area contributed by atoms with Gasteiger partial charge in [0.1, 0.15) is 18.4 Å². The van der Waals surface area contributed by atoms with Gasteiger partial charge in [-0.05, 0) is 71.2 Å². The van der Waals surface area contributed by atoms with Gasteiger partial charge in [-0.15, -0.1) is 0 Å². The molecule has 11 heteroatoms. The zero-order valence-electron chi connectivity index (χ0n) is 23.2. The normalized spacial score (nSPS) is 14.8. The molecule has 1 aliphatic heterocycles. The van der Waals surface area contributed by atoms with Crippen LogP contribution in [0.25, 0.3) is 6.08 Å². The topological polar surface area (TPSA) is 88.4 Å². The number of thiazole rings is 1. The summed E-state index contributed by atoms with van der Waals surface area (Å²) in [4.78, 5) is 32.8. The maximum absolute atomic E-state index is 14.1. The second-order valence-electron chi connectivity index (χ2n) is 8.93. The molecular weight excluding hydrogens is 632 g/mol. The predicted octanol–water partition coefficient (Wildman–Crippen LogP) is 5.58. The standard InChI is InChI=1S/C30H30BrClN2O6S/c1-6-9-21-25(29(36)39-8-3)26(19-16-18(32)10-11-22(19)37-4)34-28(35)24(41-30(34)33-21)15-17-13-20(31)27(40-12-7-2)23(14-17)38-5/h7,10-11,13-16,26H,2,6,8-9,12H2,1,3-5H3/b24-15+/t26-/m0/s1. The van der Waals surface area contributed by atoms with Crippen LogP contribution in [0.1, 0.15) is 43.9 Å². The fourth-order valence-electron chi connectivity index (χ4n) is 4.59. The second kappa shape index (κ2) is 13.5. The van der Waals surface area contributed by atoms with Crippen LogP contribution in [-0.4, -0.2) is 38.0 Å². The fraction of sp³-hybridized carbons (Fsp3) is 0.300. The van der Waals surface area contributed by atoms with E-state index >= 15 is 0 Å². The molecule has 2 aromatic carbocycles. The third-order valence-electron chi connectivity index (χ3n) is 6.27. The molecule has 3 aromatic rings. The molecule has 0 bridgehead atoms. The average molecular weight is 662 g/mol. The van der Waals surface area contributed by atoms with Crippen molar-refractivity contribution in [2.24, 2.45) is 4.99 Å². The van der Waals surface area contributed by atoms with Crippen molar-refractivity contribution in [1.29, 1.82) is 0 Å². The number of hydrogen-bond donors (Lipinski definition) is 0. The van der Waals surface area contributed by atoms with E-state index in [0.717, 1.165) is 6.42 Å². The first kappa shape index (κ1) is 30.6. The van der Waals surface area contributed by atoms with Gasteiger partial charge < -0.3 is 18.9 Å². The SMILES string of the molecule is C=CCOc1c(Br)cc(/C=c2/sc3n(c2=O)[C@@H](c2cc(Cl)ccc2OC)C(C(=O)OCC)=C(CCC)N=3)cc1OC. The van der Waals surface area contributed by atoms with Gasteiger partial charge in [-0.1, -0.05) is 48.9 Å². The number of carbonyl (C=O) groups is 1. The molecule has 0 unspecified atom stereocenters. The van der Waals surface area contributed by atoms with Crippen LogP contribution in [0.2, 0.25) is 5.02 Å². The molecule has 1 aromatic heterocycles. The molecule has 2 heterocycles. The molecule has 1 aliphatic rings. The molecule has 0 radical (unpaired) electrons. The Labute approximate surface area is 255 Å². The molecule has 216 valence electrons. The van der Waals surface area contributed by atoms with Crippen molar-refractivity contribution in [3.63, 3.8) is 0 Å². The lowest BCUT2D eigenvalue weighted by atomic mass is 9.93. The van der Waals surface area contributed by atoms with Gasteiger partial charge in [0, 0.05) is 10.6 Å². The van der Waals surface area contributed by atoms with Gasteiger partial charge in [0.15, 0.2) is 16.3 Å². The van der Waals surface area contributed by atoms with Crippen LogP contribution in [-0.2, 0) is 9.53 Å². The summed E-state index contributed by atoms with van der Waals surface area (Å²) in [6.45, 7) is 7.91. The van der Waals surface area contributed by atoms with E-state index in [0.29, 0.717) is 71.5 Å². The van der Waals surface area contributed by atoms with E-state index < -0.39 is 12.0 Å². The highest BCUT2D eigenvalue weighted by Gasteiger charge is 2.36. The number of allylic oxidation sites excluding steroid dienone is 1. The summed E-state index contributed by atoms with van der Waals surface area (Å²) in [5.41, 5.74) is 1.81. The fourth-order valence-corrected chi connectivity index (χ4v) is 6.37. The Balaban J connectivity index is 2.00. The van der Waals surface area contributed by atoms with E-state index in [1.54, 1.807) is 50.5 Å². The molecule has 0 fully saturated rings. The van der Waals surface area contributed by atoms with Gasteiger partial charge in [-0.3, -0.25) is 9.36 Å². The number of esters is 1. The minimum Gasteiger partial charge on any atom is -0.496 e. The van der Waals surface area contributed by atoms with E-state index in [1.807, 2.05) is 13.0 Å². The number of nitrogens with zero attached hydrogens (tertiary/aromatic N) is 2. The summed E-state index contributed by atoms with van der Waals surface area (Å²) in [6, 6.07) is 7.89. The summed E-state index contributed by atoms with van der Waals surface area (Å²) >= 11 is 11.2. The minimum atomic E-state index is -0.849. The number of rotatable bonds is 11. The van der Waals surface area contributed by atoms with Gasteiger partial charge in [-0.25, -0.2) is 9.79 Å². The lowest BCUT2D eigenvalue weighted by molar-refractivity contribution is -0.139. The second-order valence-corrected chi connectivity index (χ2v) is 11.2. The molecule has 4 rings (SSSR count). The first-order chi connectivity index (χ1) is 19.8. The van der Waals surface area contributed by atoms with Crippen LogP contribution in [0.15, 0.2) is 68.5 Å². The maximum Gasteiger partial charge on any atom is 0.338 e. The molecule has 0 saturated carbocycles. The molecule has 0 amide bonds. The number of ether oxygens (including phenoxy) is 4. The van der Waals surface area contributed by atoms with Gasteiger partial charge in [0.2, 0.25) is 0 Å². The summed E-state index contributed by atoms with van der Waals surface area (Å²) < 4.78 is 25.0. The van der Waals surface area contributed by atoms with E-state index in [9.17, 15) is 9.59 Å². The van der Waals surface area contributed by atoms with Crippen molar-refractivity contribution in [2.75, 3.05) is 27.4 Å². The Morgan fingerprint density at radius 2 is 1.95 bits per heavy atom. The Morgan fingerprint density at radius 1 is 1.20 bits per heavy atom. The number of fused-ring (bicyclic) bond motifs is 1. The Hall–Kier alpha value is -3.34. The van der Waals surface area contributed by atoms with E-state index in [-0.39, 0.29) is 12.2 Å². The zero-order valence-corrected chi connectivity index (χ0v) is 26.3. The van der Waals surface area contributed by atoms with Gasteiger partial charge in [0.05, 0.1) is 41.1 Å². The summed E-state index contributed by atoms with van der Waals surface area (Å²) in [6.07, 6.45) is 4.66. The van der Waals surface area contributed by atoms with Crippen LogP contribution >= 0.6 is 38.9 Å². The number of hydrogen-bond acceptors (Lipinski definition) is 8. The van der Waals surface area contributed by atoms with Crippen molar-refractivity contribution in [2.45, 2.75) is 32.7 Å². The van der Waals surface area contributed by atoms with Crippen molar-refractivity contribution < 1.29 is 23.7 Å². The summed E-state index contributed by atoms with van der Waals surface area (Å²) in [5.74, 6) is 0.973. The molecule has 0 saturated heterocycles. The van der Waals surface area contributed by atoms with Crippen LogP contribution in [0, 0.1) is 0 Å². The quantitative estimate of drug-likeness (QED) is 0.197. The van der Waals surface area contributed by atoms with Crippen LogP contribution in [0.3, 0.4) is 0 Å². The van der Waals surface area contributed by atoms with Crippen molar-refractivity contribution in [3.8, 4) is 17.2 Å². The monoisotopic (exact) mass is 660 g/mol. The Bertz CT molecular complexity index is 1690. The summed E-state index contributed by atoms with van der Waals surface area (Å²) in [7, 11) is 3.08. The first-order valence-electron chi connectivity index (χ1n) is 12.9. The highest BCUT2D eigenvalue weighted by Crippen LogP contribution is 2.39. The smallest absolute Gasteiger partial charge is 0.338 e. The van der Waals surface area contributed by atoms with Crippen molar-refractivity contribution >= 4 is 50.9 Å². The third kappa shape index (κ3) is 6.29. The zero-order chi connectivity index (χ0) is 29.7. The van der Waals surface area contributed by atoms with Crippen LogP contribution in [0.4, 0.5) is 0 Å². The lowest BCUT2D eigenvalue weighted by Gasteiger charge is -2.27. The number of benzene rings is 2. The number of aromatic nitrogens is 1. The number of carbonyl (C=O) groups excluding carboxylic acids is 1. The van der Waals surface area contributed by atoms with Gasteiger partial charge in [-0.2, -0.15) is 0 Å². The minimum absolute atomic E-state index is 0.175. The highest BCUT2D eigenvalue weighted by molar-refractivity contribution is 9.10. The molecule has 1 atom stereocenters. The molecule has 0 aliphatic carbocycles. The number of methoxy groups -OCH3 is 2. The molecule has 0 N–H and O–H groups in total. The first-order valence-corrected chi connectivity index (χ1v) is 14.9. The molecule has 0 spiro atoms. The van der Waals surface area contributed by atoms with E-state index in [1.165, 1.54) is 23.0 Å². The largest absolute Gasteiger partial charge is 0.496 e. The van der Waals surface area contributed by atoms with E-state index in [4.69, 9.17) is 35.5 Å². The lowest BCUT2D eigenvalue weighted by Crippen LogP contribution is -2.40. The predicted molar refractivity (Wildman–Crippen MR) is 164 cm³/mol. The Kier molecular flexibility index (Phi) is 10.1. The van der Waals surface area contributed by atoms with Gasteiger partial charge in [0.25, 0.3) is 5.56 Å².